The van der Waals surface area contributed by atoms with Crippen molar-refractivity contribution in [1.29, 1.82) is 0 Å². The van der Waals surface area contributed by atoms with Gasteiger partial charge in [0.2, 0.25) is 0 Å². The van der Waals surface area contributed by atoms with Crippen LogP contribution in [0.4, 0.5) is 0 Å². The average Bonchev–Trinajstić information content (AvgIpc) is 2.91. The van der Waals surface area contributed by atoms with Crippen molar-refractivity contribution < 1.29 is 24.4 Å². The summed E-state index contributed by atoms with van der Waals surface area (Å²) in [4.78, 5) is 0. The van der Waals surface area contributed by atoms with E-state index < -0.39 is 0 Å². The third kappa shape index (κ3) is 3.12. The molecule has 3 rings (SSSR count). The highest BCUT2D eigenvalue weighted by Crippen LogP contribution is 2.50. The standard InChI is InChI=1S/C20H24O5/c1-11-12(2)20(14-6-8-16(22)18(10-14)24-4)25-19(11)13-5-7-15(21)17(9-13)23-3/h5-12,19-22H,1-4H3. The van der Waals surface area contributed by atoms with Gasteiger partial charge in [0.25, 0.3) is 0 Å². The van der Waals surface area contributed by atoms with Crippen molar-refractivity contribution in [2.24, 2.45) is 11.8 Å². The summed E-state index contributed by atoms with van der Waals surface area (Å²) >= 11 is 0. The van der Waals surface area contributed by atoms with Crippen LogP contribution in [-0.2, 0) is 4.74 Å². The lowest BCUT2D eigenvalue weighted by Crippen LogP contribution is -2.10. The smallest absolute Gasteiger partial charge is 0.160 e. The minimum Gasteiger partial charge on any atom is -0.504 e. The Kier molecular flexibility index (Phi) is 4.77. The third-order valence-corrected chi connectivity index (χ3v) is 5.14. The molecule has 0 radical (unpaired) electrons. The van der Waals surface area contributed by atoms with E-state index in [1.54, 1.807) is 12.1 Å². The fourth-order valence-electron chi connectivity index (χ4n) is 3.46. The first-order valence-corrected chi connectivity index (χ1v) is 8.35. The van der Waals surface area contributed by atoms with Crippen molar-refractivity contribution in [3.8, 4) is 23.0 Å². The van der Waals surface area contributed by atoms with Crippen molar-refractivity contribution in [1.82, 2.24) is 0 Å². The van der Waals surface area contributed by atoms with E-state index in [0.29, 0.717) is 11.5 Å². The largest absolute Gasteiger partial charge is 0.504 e. The molecule has 2 aromatic carbocycles. The summed E-state index contributed by atoms with van der Waals surface area (Å²) in [5, 5.41) is 19.6. The Bertz CT molecular complexity index is 694. The van der Waals surface area contributed by atoms with E-state index in [1.807, 2.05) is 24.3 Å². The molecule has 25 heavy (non-hydrogen) atoms. The van der Waals surface area contributed by atoms with Crippen LogP contribution in [0, 0.1) is 11.8 Å². The number of hydrogen-bond acceptors (Lipinski definition) is 5. The SMILES string of the molecule is COc1cc(C2OC(c3ccc(O)c(OC)c3)C(C)C2C)ccc1O. The van der Waals surface area contributed by atoms with Crippen molar-refractivity contribution in [2.45, 2.75) is 26.1 Å². The Balaban J connectivity index is 1.91. The Labute approximate surface area is 147 Å². The first kappa shape index (κ1) is 17.4. The molecule has 1 aliphatic heterocycles. The zero-order valence-corrected chi connectivity index (χ0v) is 14.9. The van der Waals surface area contributed by atoms with Gasteiger partial charge in [0.1, 0.15) is 0 Å². The molecule has 0 spiro atoms. The van der Waals surface area contributed by atoms with Crippen molar-refractivity contribution >= 4 is 0 Å². The van der Waals surface area contributed by atoms with Gasteiger partial charge in [-0.05, 0) is 47.2 Å². The Morgan fingerprint density at radius 1 is 0.760 bits per heavy atom. The van der Waals surface area contributed by atoms with Gasteiger partial charge in [0.05, 0.1) is 26.4 Å². The first-order valence-electron chi connectivity index (χ1n) is 8.35. The maximum absolute atomic E-state index is 9.81. The third-order valence-electron chi connectivity index (χ3n) is 5.14. The number of benzene rings is 2. The van der Waals surface area contributed by atoms with E-state index in [0.717, 1.165) is 11.1 Å². The molecule has 0 bridgehead atoms. The molecule has 2 aromatic rings. The van der Waals surface area contributed by atoms with Crippen LogP contribution in [0.15, 0.2) is 36.4 Å². The molecule has 4 atom stereocenters. The highest BCUT2D eigenvalue weighted by atomic mass is 16.5. The second kappa shape index (κ2) is 6.84. The highest BCUT2D eigenvalue weighted by Gasteiger charge is 2.41. The molecule has 0 amide bonds. The molecule has 4 unspecified atom stereocenters. The Morgan fingerprint density at radius 3 is 1.52 bits per heavy atom. The first-order chi connectivity index (χ1) is 12.0. The predicted octanol–water partition coefficient (Wildman–Crippen LogP) is 4.20. The van der Waals surface area contributed by atoms with Gasteiger partial charge in [-0.1, -0.05) is 26.0 Å². The molecule has 2 N–H and O–H groups in total. The summed E-state index contributed by atoms with van der Waals surface area (Å²) in [6, 6.07) is 10.6. The Hall–Kier alpha value is -2.40. The summed E-state index contributed by atoms with van der Waals surface area (Å²) in [7, 11) is 3.07. The number of ether oxygens (including phenoxy) is 3. The van der Waals surface area contributed by atoms with Crippen molar-refractivity contribution in [2.75, 3.05) is 14.2 Å². The minimum atomic E-state index is -0.103. The summed E-state index contributed by atoms with van der Waals surface area (Å²) < 4.78 is 16.8. The minimum absolute atomic E-state index is 0.103. The molecule has 1 fully saturated rings. The van der Waals surface area contributed by atoms with E-state index in [4.69, 9.17) is 14.2 Å². The number of phenols is 2. The van der Waals surface area contributed by atoms with E-state index in [9.17, 15) is 10.2 Å². The van der Waals surface area contributed by atoms with Crippen molar-refractivity contribution in [3.05, 3.63) is 47.5 Å². The molecule has 134 valence electrons. The maximum Gasteiger partial charge on any atom is 0.160 e. The molecule has 1 heterocycles. The summed E-state index contributed by atoms with van der Waals surface area (Å²) in [5.74, 6) is 1.67. The van der Waals surface area contributed by atoms with E-state index >= 15 is 0 Å². The van der Waals surface area contributed by atoms with Crippen LogP contribution in [0.2, 0.25) is 0 Å². The number of aromatic hydroxyl groups is 2. The van der Waals surface area contributed by atoms with Gasteiger partial charge < -0.3 is 24.4 Å². The van der Waals surface area contributed by atoms with Crippen LogP contribution in [0.1, 0.15) is 37.2 Å². The molecule has 0 aromatic heterocycles. The summed E-state index contributed by atoms with van der Waals surface area (Å²) in [5.41, 5.74) is 1.95. The quantitative estimate of drug-likeness (QED) is 0.870. The number of phenolic OH excluding ortho intramolecular Hbond substituents is 2. The molecule has 1 aliphatic rings. The second-order valence-electron chi connectivity index (χ2n) is 6.56. The molecule has 0 aliphatic carbocycles. The fourth-order valence-corrected chi connectivity index (χ4v) is 3.46. The van der Waals surface area contributed by atoms with Crippen molar-refractivity contribution in [3.63, 3.8) is 0 Å². The van der Waals surface area contributed by atoms with Crippen LogP contribution in [0.5, 0.6) is 23.0 Å². The molecule has 1 saturated heterocycles. The normalized spacial score (nSPS) is 25.8. The zero-order valence-electron chi connectivity index (χ0n) is 14.9. The zero-order chi connectivity index (χ0) is 18.1. The highest BCUT2D eigenvalue weighted by molar-refractivity contribution is 5.44. The fraction of sp³-hybridized carbons (Fsp3) is 0.400. The second-order valence-corrected chi connectivity index (χ2v) is 6.56. The van der Waals surface area contributed by atoms with Crippen LogP contribution < -0.4 is 9.47 Å². The van der Waals surface area contributed by atoms with Gasteiger partial charge in [0, 0.05) is 0 Å². The monoisotopic (exact) mass is 344 g/mol. The van der Waals surface area contributed by atoms with Gasteiger partial charge in [-0.25, -0.2) is 0 Å². The van der Waals surface area contributed by atoms with Gasteiger partial charge in [0.15, 0.2) is 23.0 Å². The number of hydrogen-bond donors (Lipinski definition) is 2. The Morgan fingerprint density at radius 2 is 1.16 bits per heavy atom. The van der Waals surface area contributed by atoms with Crippen LogP contribution >= 0.6 is 0 Å². The molecular formula is C20H24O5. The maximum atomic E-state index is 9.81. The summed E-state index contributed by atoms with van der Waals surface area (Å²) in [6.07, 6.45) is -0.205. The lowest BCUT2D eigenvalue weighted by Gasteiger charge is -2.18. The molecule has 5 heteroatoms. The van der Waals surface area contributed by atoms with Crippen LogP contribution in [-0.4, -0.2) is 24.4 Å². The summed E-state index contributed by atoms with van der Waals surface area (Å²) in [6.45, 7) is 4.32. The van der Waals surface area contributed by atoms with Gasteiger partial charge >= 0.3 is 0 Å². The molecule has 5 nitrogen and oxygen atoms in total. The molecular weight excluding hydrogens is 320 g/mol. The average molecular weight is 344 g/mol. The number of methoxy groups -OCH3 is 2. The molecule has 0 saturated carbocycles. The van der Waals surface area contributed by atoms with Gasteiger partial charge in [-0.2, -0.15) is 0 Å². The predicted molar refractivity (Wildman–Crippen MR) is 94.2 cm³/mol. The topological polar surface area (TPSA) is 68.2 Å². The van der Waals surface area contributed by atoms with Gasteiger partial charge in [-0.3, -0.25) is 0 Å². The van der Waals surface area contributed by atoms with E-state index in [2.05, 4.69) is 13.8 Å². The number of rotatable bonds is 4. The van der Waals surface area contributed by atoms with Crippen LogP contribution in [0.3, 0.4) is 0 Å². The lowest BCUT2D eigenvalue weighted by molar-refractivity contribution is 0.0288. The lowest BCUT2D eigenvalue weighted by atomic mass is 9.85. The van der Waals surface area contributed by atoms with Gasteiger partial charge in [-0.15, -0.1) is 0 Å². The van der Waals surface area contributed by atoms with E-state index in [-0.39, 0.29) is 35.5 Å². The van der Waals surface area contributed by atoms with E-state index in [1.165, 1.54) is 14.2 Å². The van der Waals surface area contributed by atoms with Crippen LogP contribution in [0.25, 0.3) is 0 Å².